The Labute approximate surface area is 137 Å². The van der Waals surface area contributed by atoms with Crippen LogP contribution in [0, 0.1) is 11.3 Å². The van der Waals surface area contributed by atoms with Crippen LogP contribution in [0.4, 0.5) is 5.69 Å². The van der Waals surface area contributed by atoms with Gasteiger partial charge in [0.25, 0.3) is 0 Å². The fraction of sp³-hybridized carbons (Fsp3) is 0.188. The first kappa shape index (κ1) is 15.8. The minimum atomic E-state index is -0.955. The molecule has 0 spiro atoms. The summed E-state index contributed by atoms with van der Waals surface area (Å²) in [4.78, 5) is 0. The molecule has 1 atom stereocenters. The Kier molecular flexibility index (Phi) is 5.24. The van der Waals surface area contributed by atoms with Crippen LogP contribution in [0.2, 0.25) is 5.02 Å². The number of rotatable bonds is 5. The standard InChI is InChI=1S/C16H14BrClN2O/c1-21-11-16(10-19,12-5-3-2-4-6-12)20-13-7-8-15(18)14(17)9-13/h2-9,20H,11H2,1H3. The van der Waals surface area contributed by atoms with Crippen LogP contribution in [0.5, 0.6) is 0 Å². The van der Waals surface area contributed by atoms with E-state index < -0.39 is 5.54 Å². The summed E-state index contributed by atoms with van der Waals surface area (Å²) in [6.07, 6.45) is 0. The predicted molar refractivity (Wildman–Crippen MR) is 88.4 cm³/mol. The SMILES string of the molecule is COCC(C#N)(Nc1ccc(Cl)c(Br)c1)c1ccccc1. The Hall–Kier alpha value is -1.54. The molecule has 0 radical (unpaired) electrons. The quantitative estimate of drug-likeness (QED) is 0.843. The molecule has 1 unspecified atom stereocenters. The maximum absolute atomic E-state index is 9.72. The Morgan fingerprint density at radius 1 is 1.29 bits per heavy atom. The molecule has 0 saturated heterocycles. The Bertz CT molecular complexity index is 657. The summed E-state index contributed by atoms with van der Waals surface area (Å²) in [6, 6.07) is 17.3. The van der Waals surface area contributed by atoms with Crippen LogP contribution in [0.3, 0.4) is 0 Å². The van der Waals surface area contributed by atoms with E-state index in [1.807, 2.05) is 42.5 Å². The monoisotopic (exact) mass is 364 g/mol. The number of methoxy groups -OCH3 is 1. The minimum absolute atomic E-state index is 0.230. The van der Waals surface area contributed by atoms with Crippen molar-refractivity contribution in [3.05, 3.63) is 63.6 Å². The summed E-state index contributed by atoms with van der Waals surface area (Å²) < 4.78 is 6.03. The fourth-order valence-corrected chi connectivity index (χ4v) is 2.57. The van der Waals surface area contributed by atoms with Gasteiger partial charge in [-0.25, -0.2) is 0 Å². The van der Waals surface area contributed by atoms with E-state index >= 15 is 0 Å². The van der Waals surface area contributed by atoms with Gasteiger partial charge < -0.3 is 10.1 Å². The molecule has 0 aromatic heterocycles. The number of benzene rings is 2. The summed E-state index contributed by atoms with van der Waals surface area (Å²) in [7, 11) is 1.58. The van der Waals surface area contributed by atoms with Gasteiger partial charge in [0.2, 0.25) is 0 Å². The summed E-state index contributed by atoms with van der Waals surface area (Å²) in [5.41, 5.74) is 0.678. The summed E-state index contributed by atoms with van der Waals surface area (Å²) in [5.74, 6) is 0. The van der Waals surface area contributed by atoms with Crippen LogP contribution in [-0.2, 0) is 10.3 Å². The molecule has 2 rings (SSSR count). The Morgan fingerprint density at radius 2 is 2.00 bits per heavy atom. The topological polar surface area (TPSA) is 45.0 Å². The lowest BCUT2D eigenvalue weighted by molar-refractivity contribution is 0.164. The predicted octanol–water partition coefficient (Wildman–Crippen LogP) is 4.58. The van der Waals surface area contributed by atoms with Gasteiger partial charge in [0.1, 0.15) is 0 Å². The van der Waals surface area contributed by atoms with Gasteiger partial charge in [0.05, 0.1) is 17.7 Å². The Balaban J connectivity index is 2.41. The van der Waals surface area contributed by atoms with E-state index in [9.17, 15) is 5.26 Å². The molecule has 0 heterocycles. The molecule has 21 heavy (non-hydrogen) atoms. The second-order valence-corrected chi connectivity index (χ2v) is 5.83. The van der Waals surface area contributed by atoms with Crippen molar-refractivity contribution >= 4 is 33.2 Å². The number of nitriles is 1. The highest BCUT2D eigenvalue weighted by molar-refractivity contribution is 9.10. The lowest BCUT2D eigenvalue weighted by Crippen LogP contribution is -2.38. The van der Waals surface area contributed by atoms with Crippen molar-refractivity contribution in [3.8, 4) is 6.07 Å². The molecule has 1 N–H and O–H groups in total. The van der Waals surface area contributed by atoms with Crippen molar-refractivity contribution in [1.29, 1.82) is 5.26 Å². The normalized spacial score (nSPS) is 13.2. The van der Waals surface area contributed by atoms with Gasteiger partial charge in [-0.05, 0) is 39.7 Å². The lowest BCUT2D eigenvalue weighted by atomic mass is 9.92. The third-order valence-corrected chi connectivity index (χ3v) is 4.31. The number of hydrogen-bond donors (Lipinski definition) is 1. The molecular weight excluding hydrogens is 352 g/mol. The van der Waals surface area contributed by atoms with Crippen LogP contribution in [-0.4, -0.2) is 13.7 Å². The van der Waals surface area contributed by atoms with Gasteiger partial charge in [-0.1, -0.05) is 41.9 Å². The molecule has 0 amide bonds. The van der Waals surface area contributed by atoms with Crippen molar-refractivity contribution in [2.45, 2.75) is 5.54 Å². The van der Waals surface area contributed by atoms with E-state index in [0.29, 0.717) is 5.02 Å². The van der Waals surface area contributed by atoms with E-state index in [2.05, 4.69) is 27.3 Å². The first-order valence-electron chi connectivity index (χ1n) is 6.30. The van der Waals surface area contributed by atoms with E-state index in [0.717, 1.165) is 15.7 Å². The van der Waals surface area contributed by atoms with Crippen LogP contribution >= 0.6 is 27.5 Å². The van der Waals surface area contributed by atoms with Crippen molar-refractivity contribution in [1.82, 2.24) is 0 Å². The van der Waals surface area contributed by atoms with Crippen LogP contribution in [0.15, 0.2) is 53.0 Å². The highest BCUT2D eigenvalue weighted by Gasteiger charge is 2.32. The molecule has 2 aromatic carbocycles. The van der Waals surface area contributed by atoms with Crippen molar-refractivity contribution < 1.29 is 4.74 Å². The molecule has 5 heteroatoms. The largest absolute Gasteiger partial charge is 0.381 e. The Morgan fingerprint density at radius 3 is 2.57 bits per heavy atom. The fourth-order valence-electron chi connectivity index (χ4n) is 2.08. The van der Waals surface area contributed by atoms with Crippen molar-refractivity contribution in [3.63, 3.8) is 0 Å². The van der Waals surface area contributed by atoms with E-state index in [-0.39, 0.29) is 6.61 Å². The average molecular weight is 366 g/mol. The van der Waals surface area contributed by atoms with Gasteiger partial charge >= 0.3 is 0 Å². The molecule has 0 aliphatic rings. The molecule has 0 saturated carbocycles. The molecule has 2 aromatic rings. The molecule has 0 bridgehead atoms. The van der Waals surface area contributed by atoms with Crippen LogP contribution in [0.1, 0.15) is 5.56 Å². The molecule has 3 nitrogen and oxygen atoms in total. The van der Waals surface area contributed by atoms with Gasteiger partial charge in [-0.3, -0.25) is 0 Å². The zero-order chi connectivity index (χ0) is 15.3. The lowest BCUT2D eigenvalue weighted by Gasteiger charge is -2.29. The third-order valence-electron chi connectivity index (χ3n) is 3.10. The van der Waals surface area contributed by atoms with E-state index in [4.69, 9.17) is 16.3 Å². The number of hydrogen-bond acceptors (Lipinski definition) is 3. The summed E-state index contributed by atoms with van der Waals surface area (Å²) >= 11 is 9.38. The highest BCUT2D eigenvalue weighted by atomic mass is 79.9. The van der Waals surface area contributed by atoms with Gasteiger partial charge in [0.15, 0.2) is 5.54 Å². The second kappa shape index (κ2) is 6.95. The van der Waals surface area contributed by atoms with Crippen molar-refractivity contribution in [2.75, 3.05) is 19.0 Å². The van der Waals surface area contributed by atoms with Crippen LogP contribution in [0.25, 0.3) is 0 Å². The van der Waals surface area contributed by atoms with E-state index in [1.54, 1.807) is 13.2 Å². The maximum Gasteiger partial charge on any atom is 0.174 e. The van der Waals surface area contributed by atoms with Crippen molar-refractivity contribution in [2.24, 2.45) is 0 Å². The second-order valence-electron chi connectivity index (χ2n) is 4.57. The average Bonchev–Trinajstić information content (AvgIpc) is 2.51. The minimum Gasteiger partial charge on any atom is -0.381 e. The number of nitrogens with zero attached hydrogens (tertiary/aromatic N) is 1. The van der Waals surface area contributed by atoms with E-state index in [1.165, 1.54) is 0 Å². The number of nitrogens with one attached hydrogen (secondary N) is 1. The summed E-state index contributed by atoms with van der Waals surface area (Å²) in [6.45, 7) is 0.230. The first-order valence-corrected chi connectivity index (χ1v) is 7.47. The molecular formula is C16H14BrClN2O. The molecule has 0 aliphatic heterocycles. The number of ether oxygens (including phenoxy) is 1. The molecule has 108 valence electrons. The zero-order valence-electron chi connectivity index (χ0n) is 11.4. The smallest absolute Gasteiger partial charge is 0.174 e. The zero-order valence-corrected chi connectivity index (χ0v) is 13.8. The van der Waals surface area contributed by atoms with Gasteiger partial charge in [-0.2, -0.15) is 5.26 Å². The highest BCUT2D eigenvalue weighted by Crippen LogP contribution is 2.30. The maximum atomic E-state index is 9.72. The number of anilines is 1. The number of halogens is 2. The molecule has 0 aliphatic carbocycles. The van der Waals surface area contributed by atoms with Crippen LogP contribution < -0.4 is 5.32 Å². The third kappa shape index (κ3) is 3.56. The van der Waals surface area contributed by atoms with Gasteiger partial charge in [-0.15, -0.1) is 0 Å². The first-order chi connectivity index (χ1) is 10.1. The molecule has 0 fully saturated rings. The summed E-state index contributed by atoms with van der Waals surface area (Å²) in [5, 5.41) is 13.6. The van der Waals surface area contributed by atoms with Gasteiger partial charge in [0, 0.05) is 17.3 Å².